The van der Waals surface area contributed by atoms with Crippen LogP contribution >= 0.6 is 0 Å². The Kier molecular flexibility index (Phi) is 5.96. The first-order valence-corrected chi connectivity index (χ1v) is 10.6. The van der Waals surface area contributed by atoms with Gasteiger partial charge in [0.05, 0.1) is 18.8 Å². The van der Waals surface area contributed by atoms with Crippen LogP contribution in [0, 0.1) is 11.8 Å². The van der Waals surface area contributed by atoms with E-state index in [1.165, 1.54) is 5.56 Å². The number of ether oxygens (including phenoxy) is 2. The number of likely N-dealkylation sites (tertiary alicyclic amines) is 1. The predicted octanol–water partition coefficient (Wildman–Crippen LogP) is 2.79. The van der Waals surface area contributed by atoms with Crippen molar-refractivity contribution in [2.24, 2.45) is 11.8 Å². The number of aliphatic hydroxyl groups is 1. The van der Waals surface area contributed by atoms with Gasteiger partial charge < -0.3 is 14.6 Å². The highest BCUT2D eigenvalue weighted by atomic mass is 16.5. The molecule has 2 aliphatic rings. The van der Waals surface area contributed by atoms with Crippen molar-refractivity contribution in [3.8, 4) is 11.9 Å². The maximum absolute atomic E-state index is 12.0. The minimum absolute atomic E-state index is 0.123. The lowest BCUT2D eigenvalue weighted by molar-refractivity contribution is -0.150. The van der Waals surface area contributed by atoms with E-state index < -0.39 is 5.60 Å². The Labute approximate surface area is 172 Å². The van der Waals surface area contributed by atoms with Crippen molar-refractivity contribution in [3.63, 3.8) is 0 Å². The summed E-state index contributed by atoms with van der Waals surface area (Å²) < 4.78 is 11.3. The lowest BCUT2D eigenvalue weighted by Gasteiger charge is -2.53. The molecule has 1 aliphatic carbocycles. The third-order valence-electron chi connectivity index (χ3n) is 6.18. The molecule has 3 atom stereocenters. The lowest BCUT2D eigenvalue weighted by atomic mass is 9.63. The van der Waals surface area contributed by atoms with E-state index in [9.17, 15) is 5.11 Å². The average Bonchev–Trinajstić information content (AvgIpc) is 2.70. The molecule has 7 nitrogen and oxygen atoms in total. The van der Waals surface area contributed by atoms with Gasteiger partial charge in [-0.05, 0) is 44.4 Å². The summed E-state index contributed by atoms with van der Waals surface area (Å²) >= 11 is 0. The standard InChI is InChI=1S/C22H30N4O3/c1-3-28-20-19(12-24-21(25-20)29-4-2)22(27)17-6-5-7-18(22)15-26(14-17)13-16-8-10-23-11-9-16/h8-12,17-18,27H,3-7,13-15H2,1-2H3/t17-,18+,22?. The Hall–Kier alpha value is -2.25. The number of pyridine rings is 1. The second-order valence-electron chi connectivity index (χ2n) is 7.94. The highest BCUT2D eigenvalue weighted by Crippen LogP contribution is 2.51. The van der Waals surface area contributed by atoms with Gasteiger partial charge in [0.2, 0.25) is 5.88 Å². The predicted molar refractivity (Wildman–Crippen MR) is 109 cm³/mol. The van der Waals surface area contributed by atoms with Gasteiger partial charge in [0.1, 0.15) is 5.60 Å². The smallest absolute Gasteiger partial charge is 0.319 e. The average molecular weight is 399 g/mol. The van der Waals surface area contributed by atoms with Crippen molar-refractivity contribution in [1.29, 1.82) is 0 Å². The van der Waals surface area contributed by atoms with Crippen LogP contribution in [0.1, 0.15) is 44.2 Å². The molecule has 1 saturated carbocycles. The van der Waals surface area contributed by atoms with Gasteiger partial charge in [-0.25, -0.2) is 4.98 Å². The minimum atomic E-state index is -0.970. The summed E-state index contributed by atoms with van der Waals surface area (Å²) in [5.41, 5.74) is 0.992. The molecule has 0 spiro atoms. The van der Waals surface area contributed by atoms with Gasteiger partial charge in [-0.2, -0.15) is 4.98 Å². The zero-order valence-corrected chi connectivity index (χ0v) is 17.3. The maximum Gasteiger partial charge on any atom is 0.319 e. The first kappa shape index (κ1) is 20.0. The van der Waals surface area contributed by atoms with Gasteiger partial charge in [-0.3, -0.25) is 9.88 Å². The van der Waals surface area contributed by atoms with E-state index in [-0.39, 0.29) is 11.8 Å². The molecule has 29 heavy (non-hydrogen) atoms. The molecule has 4 rings (SSSR count). The fourth-order valence-electron chi connectivity index (χ4n) is 4.93. The number of rotatable bonds is 7. The van der Waals surface area contributed by atoms with E-state index in [2.05, 4.69) is 32.0 Å². The largest absolute Gasteiger partial charge is 0.478 e. The van der Waals surface area contributed by atoms with Crippen molar-refractivity contribution in [2.45, 2.75) is 45.3 Å². The molecule has 0 amide bonds. The summed E-state index contributed by atoms with van der Waals surface area (Å²) in [7, 11) is 0. The van der Waals surface area contributed by atoms with Crippen LogP contribution in [-0.2, 0) is 12.1 Å². The van der Waals surface area contributed by atoms with Crippen molar-refractivity contribution in [2.75, 3.05) is 26.3 Å². The highest BCUT2D eigenvalue weighted by molar-refractivity contribution is 5.34. The van der Waals surface area contributed by atoms with Crippen molar-refractivity contribution in [1.82, 2.24) is 19.9 Å². The van der Waals surface area contributed by atoms with Gasteiger partial charge in [-0.15, -0.1) is 0 Å². The molecule has 1 saturated heterocycles. The van der Waals surface area contributed by atoms with E-state index in [4.69, 9.17) is 9.47 Å². The lowest BCUT2D eigenvalue weighted by Crippen LogP contribution is -2.58. The van der Waals surface area contributed by atoms with Gasteiger partial charge in [0, 0.05) is 50.1 Å². The number of hydrogen-bond acceptors (Lipinski definition) is 7. The SMILES string of the molecule is CCOc1ncc(C2(O)[C@@H]3CCC[C@H]2CN(Cc2ccncc2)C3)c(OCC)n1. The molecule has 2 aromatic heterocycles. The Morgan fingerprint density at radius 2 is 1.79 bits per heavy atom. The van der Waals surface area contributed by atoms with E-state index >= 15 is 0 Å². The number of aromatic nitrogens is 3. The summed E-state index contributed by atoms with van der Waals surface area (Å²) in [4.78, 5) is 15.4. The van der Waals surface area contributed by atoms with Crippen molar-refractivity contribution in [3.05, 3.63) is 41.9 Å². The fourth-order valence-corrected chi connectivity index (χ4v) is 4.93. The van der Waals surface area contributed by atoms with E-state index in [0.717, 1.165) is 38.9 Å². The van der Waals surface area contributed by atoms with Crippen LogP contribution < -0.4 is 9.47 Å². The third-order valence-corrected chi connectivity index (χ3v) is 6.18. The minimum Gasteiger partial charge on any atom is -0.478 e. The van der Waals surface area contributed by atoms with Gasteiger partial charge >= 0.3 is 6.01 Å². The van der Waals surface area contributed by atoms with Gasteiger partial charge in [0.15, 0.2) is 0 Å². The molecule has 1 aliphatic heterocycles. The summed E-state index contributed by atoms with van der Waals surface area (Å²) in [6.45, 7) is 7.36. The number of nitrogens with zero attached hydrogens (tertiary/aromatic N) is 4. The van der Waals surface area contributed by atoms with Crippen LogP contribution in [0.3, 0.4) is 0 Å². The molecule has 0 aromatic carbocycles. The first-order valence-electron chi connectivity index (χ1n) is 10.6. The fraction of sp³-hybridized carbons (Fsp3) is 0.591. The molecular formula is C22H30N4O3. The third kappa shape index (κ3) is 3.94. The second-order valence-corrected chi connectivity index (χ2v) is 7.94. The van der Waals surface area contributed by atoms with Crippen LogP contribution in [0.4, 0.5) is 0 Å². The second kappa shape index (κ2) is 8.63. The van der Waals surface area contributed by atoms with Crippen LogP contribution in [0.5, 0.6) is 11.9 Å². The molecule has 3 heterocycles. The monoisotopic (exact) mass is 398 g/mol. The summed E-state index contributed by atoms with van der Waals surface area (Å²) in [5.74, 6) is 0.697. The Morgan fingerprint density at radius 3 is 2.45 bits per heavy atom. The van der Waals surface area contributed by atoms with Crippen molar-refractivity contribution < 1.29 is 14.6 Å². The topological polar surface area (TPSA) is 80.6 Å². The molecular weight excluding hydrogens is 368 g/mol. The van der Waals surface area contributed by atoms with Crippen molar-refractivity contribution >= 4 is 0 Å². The van der Waals surface area contributed by atoms with E-state index in [1.54, 1.807) is 6.20 Å². The quantitative estimate of drug-likeness (QED) is 0.768. The zero-order chi connectivity index (χ0) is 20.3. The molecule has 1 N–H and O–H groups in total. The van der Waals surface area contributed by atoms with E-state index in [0.29, 0.717) is 30.7 Å². The van der Waals surface area contributed by atoms with Gasteiger partial charge in [-0.1, -0.05) is 6.42 Å². The Balaban J connectivity index is 1.62. The van der Waals surface area contributed by atoms with Crippen LogP contribution in [0.15, 0.2) is 30.7 Å². The molecule has 2 fully saturated rings. The van der Waals surface area contributed by atoms with Gasteiger partial charge in [0.25, 0.3) is 0 Å². The first-order chi connectivity index (χ1) is 14.1. The number of hydrogen-bond donors (Lipinski definition) is 1. The Morgan fingerprint density at radius 1 is 1.10 bits per heavy atom. The normalized spacial score (nSPS) is 26.9. The molecule has 2 aromatic rings. The molecule has 156 valence electrons. The molecule has 2 bridgehead atoms. The van der Waals surface area contributed by atoms with Crippen LogP contribution in [0.25, 0.3) is 0 Å². The zero-order valence-electron chi connectivity index (χ0n) is 17.3. The highest BCUT2D eigenvalue weighted by Gasteiger charge is 2.53. The molecule has 7 heteroatoms. The summed E-state index contributed by atoms with van der Waals surface area (Å²) in [6, 6.07) is 4.41. The summed E-state index contributed by atoms with van der Waals surface area (Å²) in [5, 5.41) is 12.0. The maximum atomic E-state index is 12.0. The van der Waals surface area contributed by atoms with Crippen LogP contribution in [-0.4, -0.2) is 51.3 Å². The molecule has 0 radical (unpaired) electrons. The number of fused-ring (bicyclic) bond motifs is 2. The number of piperidine rings is 1. The Bertz CT molecular complexity index is 803. The summed E-state index contributed by atoms with van der Waals surface area (Å²) in [6.07, 6.45) is 8.50. The van der Waals surface area contributed by atoms with E-state index in [1.807, 2.05) is 26.2 Å². The van der Waals surface area contributed by atoms with Crippen LogP contribution in [0.2, 0.25) is 0 Å². The molecule has 1 unspecified atom stereocenters.